The van der Waals surface area contributed by atoms with Crippen LogP contribution in [0, 0.1) is 20.2 Å². The van der Waals surface area contributed by atoms with Crippen molar-refractivity contribution in [1.82, 2.24) is 0 Å². The molecule has 31 heavy (non-hydrogen) atoms. The lowest BCUT2D eigenvalue weighted by Crippen LogP contribution is -2.60. The molecule has 0 aromatic heterocycles. The molecule has 0 radical (unpaired) electrons. The Kier molecular flexibility index (Phi) is 6.97. The summed E-state index contributed by atoms with van der Waals surface area (Å²) in [5.41, 5.74) is -1.29. The van der Waals surface area contributed by atoms with Gasteiger partial charge in [-0.1, -0.05) is 0 Å². The number of aliphatic hydroxyl groups is 5. The second-order valence-corrected chi connectivity index (χ2v) is 6.89. The summed E-state index contributed by atoms with van der Waals surface area (Å²) in [6.07, 6.45) is -12.2. The van der Waals surface area contributed by atoms with Crippen LogP contribution in [0.4, 0.5) is 11.4 Å². The third-order valence-electron chi connectivity index (χ3n) is 4.79. The molecule has 2 aliphatic rings. The zero-order valence-corrected chi connectivity index (χ0v) is 15.7. The van der Waals surface area contributed by atoms with Crippen molar-refractivity contribution in [1.29, 1.82) is 0 Å². The van der Waals surface area contributed by atoms with Crippen molar-refractivity contribution in [3.63, 3.8) is 0 Å². The van der Waals surface area contributed by atoms with Crippen molar-refractivity contribution < 1.29 is 54.3 Å². The van der Waals surface area contributed by atoms with Crippen molar-refractivity contribution in [3.05, 3.63) is 38.4 Å². The van der Waals surface area contributed by atoms with E-state index in [2.05, 4.69) is 0 Å². The monoisotopic (exact) mass is 448 g/mol. The molecule has 2 saturated heterocycles. The molecular formula is C16H20N2O13. The molecule has 15 heteroatoms. The maximum atomic E-state index is 11.2. The SMILES string of the molecule is O=[N+]([O-])c1ccc(O[C@@H]2OC[C@@H](O[C@@H]3OC[C@@H](O)[C@H](O)[C@H]3O)[C@H](O)[C@H]2O)c([N+](=O)[O-])c1. The second kappa shape index (κ2) is 9.33. The van der Waals surface area contributed by atoms with Gasteiger partial charge < -0.3 is 44.5 Å². The number of hydrogen-bond acceptors (Lipinski definition) is 13. The standard InChI is InChI=1S/C16H20N2O13/c19-8-4-28-15(13(22)11(8)20)31-10-5-29-16(14(23)12(10)21)30-9-2-1-6(17(24)25)3-7(9)18(26)27/h1-3,8,10-16,19-23H,4-5H2/t8-,10-,11+,12+,13-,14-,15+,16+/m1/s1. The van der Waals surface area contributed by atoms with Crippen molar-refractivity contribution in [3.8, 4) is 5.75 Å². The lowest BCUT2D eigenvalue weighted by molar-refractivity contribution is -0.395. The van der Waals surface area contributed by atoms with E-state index in [4.69, 9.17) is 18.9 Å². The number of rotatable bonds is 6. The van der Waals surface area contributed by atoms with Gasteiger partial charge in [0.2, 0.25) is 12.0 Å². The second-order valence-electron chi connectivity index (χ2n) is 6.89. The Morgan fingerprint density at radius 1 is 0.871 bits per heavy atom. The summed E-state index contributed by atoms with van der Waals surface area (Å²) in [4.78, 5) is 20.3. The van der Waals surface area contributed by atoms with Gasteiger partial charge in [-0.05, 0) is 6.07 Å². The summed E-state index contributed by atoms with van der Waals surface area (Å²) in [6, 6.07) is 2.59. The topological polar surface area (TPSA) is 224 Å². The van der Waals surface area contributed by atoms with Gasteiger partial charge in [0.25, 0.3) is 5.69 Å². The highest BCUT2D eigenvalue weighted by molar-refractivity contribution is 5.53. The summed E-state index contributed by atoms with van der Waals surface area (Å²) in [7, 11) is 0. The van der Waals surface area contributed by atoms with E-state index in [1.807, 2.05) is 0 Å². The molecule has 3 rings (SSSR count). The number of hydrogen-bond donors (Lipinski definition) is 5. The lowest BCUT2D eigenvalue weighted by atomic mass is 10.0. The van der Waals surface area contributed by atoms with Crippen LogP contribution >= 0.6 is 0 Å². The average molecular weight is 448 g/mol. The van der Waals surface area contributed by atoms with E-state index >= 15 is 0 Å². The summed E-state index contributed by atoms with van der Waals surface area (Å²) in [5.74, 6) is -0.436. The molecule has 1 aromatic carbocycles. The van der Waals surface area contributed by atoms with Gasteiger partial charge in [0.1, 0.15) is 36.6 Å². The van der Waals surface area contributed by atoms with E-state index in [0.29, 0.717) is 6.07 Å². The van der Waals surface area contributed by atoms with Crippen molar-refractivity contribution in [2.45, 2.75) is 49.2 Å². The minimum absolute atomic E-state index is 0.343. The van der Waals surface area contributed by atoms with Gasteiger partial charge in [-0.25, -0.2) is 0 Å². The first-order valence-electron chi connectivity index (χ1n) is 8.98. The molecule has 5 N–H and O–H groups in total. The van der Waals surface area contributed by atoms with Crippen LogP contribution in [0.25, 0.3) is 0 Å². The highest BCUT2D eigenvalue weighted by Gasteiger charge is 2.45. The van der Waals surface area contributed by atoms with Crippen LogP contribution in [0.1, 0.15) is 0 Å². The van der Waals surface area contributed by atoms with Crippen LogP contribution in [-0.4, -0.2) is 97.8 Å². The largest absolute Gasteiger partial charge is 0.455 e. The highest BCUT2D eigenvalue weighted by Crippen LogP contribution is 2.33. The van der Waals surface area contributed by atoms with Gasteiger partial charge in [0, 0.05) is 6.07 Å². The molecule has 0 unspecified atom stereocenters. The van der Waals surface area contributed by atoms with Gasteiger partial charge in [0.15, 0.2) is 6.29 Å². The molecule has 2 heterocycles. The molecule has 2 aliphatic heterocycles. The predicted octanol–water partition coefficient (Wildman–Crippen LogP) is -2.22. The van der Waals surface area contributed by atoms with E-state index in [1.165, 1.54) is 0 Å². The maximum Gasteiger partial charge on any atom is 0.317 e. The van der Waals surface area contributed by atoms with Gasteiger partial charge in [-0.15, -0.1) is 0 Å². The predicted molar refractivity (Wildman–Crippen MR) is 94.8 cm³/mol. The number of ether oxygens (including phenoxy) is 4. The molecule has 2 fully saturated rings. The third-order valence-corrected chi connectivity index (χ3v) is 4.79. The van der Waals surface area contributed by atoms with Crippen molar-refractivity contribution in [2.24, 2.45) is 0 Å². The van der Waals surface area contributed by atoms with Gasteiger partial charge >= 0.3 is 5.69 Å². The number of nitro groups is 2. The van der Waals surface area contributed by atoms with Crippen LogP contribution < -0.4 is 4.74 Å². The molecule has 1 aromatic rings. The average Bonchev–Trinajstić information content (AvgIpc) is 2.73. The van der Waals surface area contributed by atoms with E-state index in [-0.39, 0.29) is 6.61 Å². The molecular weight excluding hydrogens is 428 g/mol. The van der Waals surface area contributed by atoms with Gasteiger partial charge in [-0.3, -0.25) is 20.2 Å². The number of nitro benzene ring substituents is 2. The normalized spacial score (nSPS) is 36.0. The minimum atomic E-state index is -1.77. The quantitative estimate of drug-likeness (QED) is 0.230. The van der Waals surface area contributed by atoms with Crippen LogP contribution in [0.2, 0.25) is 0 Å². The van der Waals surface area contributed by atoms with Crippen LogP contribution in [0.15, 0.2) is 18.2 Å². The van der Waals surface area contributed by atoms with E-state index in [0.717, 1.165) is 12.1 Å². The third kappa shape index (κ3) is 4.89. The molecule has 0 aliphatic carbocycles. The Labute approximate surface area is 173 Å². The minimum Gasteiger partial charge on any atom is -0.455 e. The van der Waals surface area contributed by atoms with Crippen LogP contribution in [0.3, 0.4) is 0 Å². The number of aliphatic hydroxyl groups excluding tert-OH is 5. The molecule has 0 saturated carbocycles. The van der Waals surface area contributed by atoms with Crippen molar-refractivity contribution in [2.75, 3.05) is 13.2 Å². The van der Waals surface area contributed by atoms with Crippen LogP contribution in [0.5, 0.6) is 5.75 Å². The zero-order valence-electron chi connectivity index (χ0n) is 15.7. The molecule has 15 nitrogen and oxygen atoms in total. The fraction of sp³-hybridized carbons (Fsp3) is 0.625. The van der Waals surface area contributed by atoms with E-state index in [9.17, 15) is 45.8 Å². The number of benzene rings is 1. The molecule has 172 valence electrons. The summed E-state index contributed by atoms with van der Waals surface area (Å²) >= 11 is 0. The Balaban J connectivity index is 1.67. The number of nitrogens with zero attached hydrogens (tertiary/aromatic N) is 2. The first kappa shape index (κ1) is 23.2. The first-order valence-corrected chi connectivity index (χ1v) is 8.98. The molecule has 0 bridgehead atoms. The van der Waals surface area contributed by atoms with Crippen LogP contribution in [-0.2, 0) is 14.2 Å². The summed E-state index contributed by atoms with van der Waals surface area (Å²) in [6.45, 7) is -0.750. The Hall–Kier alpha value is -2.50. The van der Waals surface area contributed by atoms with Crippen molar-refractivity contribution >= 4 is 11.4 Å². The van der Waals surface area contributed by atoms with Gasteiger partial charge in [-0.2, -0.15) is 0 Å². The lowest BCUT2D eigenvalue weighted by Gasteiger charge is -2.41. The fourth-order valence-electron chi connectivity index (χ4n) is 3.05. The Bertz CT molecular complexity index is 823. The molecule has 0 amide bonds. The number of non-ortho nitro benzene ring substituents is 1. The fourth-order valence-corrected chi connectivity index (χ4v) is 3.05. The Morgan fingerprint density at radius 2 is 1.52 bits per heavy atom. The van der Waals surface area contributed by atoms with E-state index in [1.54, 1.807) is 0 Å². The first-order chi connectivity index (χ1) is 14.6. The smallest absolute Gasteiger partial charge is 0.317 e. The highest BCUT2D eigenvalue weighted by atomic mass is 16.7. The molecule has 8 atom stereocenters. The maximum absolute atomic E-state index is 11.2. The van der Waals surface area contributed by atoms with E-state index < -0.39 is 82.8 Å². The Morgan fingerprint density at radius 3 is 2.16 bits per heavy atom. The van der Waals surface area contributed by atoms with Gasteiger partial charge in [0.05, 0.1) is 29.1 Å². The molecule has 0 spiro atoms. The summed E-state index contributed by atoms with van der Waals surface area (Å²) < 4.78 is 20.9. The zero-order chi connectivity index (χ0) is 22.9. The summed E-state index contributed by atoms with van der Waals surface area (Å²) in [5, 5.41) is 71.6.